The fourth-order valence-electron chi connectivity index (χ4n) is 5.49. The van der Waals surface area contributed by atoms with E-state index in [1.807, 2.05) is 0 Å². The van der Waals surface area contributed by atoms with Crippen molar-refractivity contribution in [2.24, 2.45) is 47.2 Å². The summed E-state index contributed by atoms with van der Waals surface area (Å²) in [7, 11) is 4.98. The second-order valence-electron chi connectivity index (χ2n) is 9.07. The van der Waals surface area contributed by atoms with Gasteiger partial charge in [0.1, 0.15) is 0 Å². The molecule has 0 saturated heterocycles. The molecule has 0 amide bonds. The number of fused-ring (bicyclic) bond motifs is 1. The zero-order valence-electron chi connectivity index (χ0n) is 14.2. The molecular weight excluding hydrogens is 244 g/mol. The van der Waals surface area contributed by atoms with Gasteiger partial charge in [-0.15, -0.1) is 0 Å². The molecule has 3 unspecified atom stereocenters. The molecular formula is C18H35N2+. The maximum atomic E-state index is 5.84. The van der Waals surface area contributed by atoms with E-state index in [2.05, 4.69) is 34.9 Å². The molecule has 2 N–H and O–H groups in total. The van der Waals surface area contributed by atoms with Crippen molar-refractivity contribution < 1.29 is 4.48 Å². The Balaban J connectivity index is 1.57. The van der Waals surface area contributed by atoms with Crippen LogP contribution >= 0.6 is 0 Å². The van der Waals surface area contributed by atoms with Crippen LogP contribution in [-0.2, 0) is 0 Å². The second-order valence-corrected chi connectivity index (χ2v) is 9.07. The molecule has 116 valence electrons. The molecule has 3 aliphatic rings. The van der Waals surface area contributed by atoms with Gasteiger partial charge < -0.3 is 10.2 Å². The highest BCUT2D eigenvalue weighted by molar-refractivity contribution is 5.09. The van der Waals surface area contributed by atoms with Crippen LogP contribution in [0, 0.1) is 41.4 Å². The predicted molar refractivity (Wildman–Crippen MR) is 85.1 cm³/mol. The van der Waals surface area contributed by atoms with Crippen LogP contribution in [0.5, 0.6) is 0 Å². The molecule has 3 fully saturated rings. The van der Waals surface area contributed by atoms with E-state index in [1.54, 1.807) is 0 Å². The van der Waals surface area contributed by atoms with Crippen LogP contribution < -0.4 is 5.73 Å². The number of nitrogens with two attached hydrogens (primary N) is 1. The van der Waals surface area contributed by atoms with Gasteiger partial charge in [0.05, 0.1) is 26.7 Å². The van der Waals surface area contributed by atoms with E-state index in [-0.39, 0.29) is 0 Å². The van der Waals surface area contributed by atoms with Gasteiger partial charge in [-0.05, 0) is 49.0 Å². The molecule has 0 aliphatic heterocycles. The van der Waals surface area contributed by atoms with E-state index >= 15 is 0 Å². The lowest BCUT2D eigenvalue weighted by Crippen LogP contribution is -2.62. The Kier molecular flexibility index (Phi) is 3.70. The van der Waals surface area contributed by atoms with E-state index in [9.17, 15) is 0 Å². The number of hydrogen-bond donors (Lipinski definition) is 1. The fraction of sp³-hybridized carbons (Fsp3) is 1.00. The van der Waals surface area contributed by atoms with Crippen molar-refractivity contribution in [3.63, 3.8) is 0 Å². The first-order valence-corrected chi connectivity index (χ1v) is 8.88. The fourth-order valence-corrected chi connectivity index (χ4v) is 5.49. The maximum absolute atomic E-state index is 5.84. The molecule has 2 nitrogen and oxygen atoms in total. The van der Waals surface area contributed by atoms with E-state index in [0.29, 0.717) is 0 Å². The minimum absolute atomic E-state index is 0.724. The van der Waals surface area contributed by atoms with E-state index in [1.165, 1.54) is 30.3 Å². The SMILES string of the molecule is C[C@H](CN)C[C@@H]1C2CC2C1C[N+](C)(C)[C@H]1C[C@@H](C)[C@H]1C. The first-order chi connectivity index (χ1) is 9.35. The Hall–Kier alpha value is -0.0800. The van der Waals surface area contributed by atoms with Gasteiger partial charge in [-0.1, -0.05) is 20.8 Å². The lowest BCUT2D eigenvalue weighted by atomic mass is 9.66. The molecule has 3 rings (SSSR count). The Morgan fingerprint density at radius 1 is 1.10 bits per heavy atom. The van der Waals surface area contributed by atoms with Crippen molar-refractivity contribution in [3.8, 4) is 0 Å². The smallest absolute Gasteiger partial charge is 0.0917 e. The Morgan fingerprint density at radius 3 is 2.30 bits per heavy atom. The summed E-state index contributed by atoms with van der Waals surface area (Å²) in [6.45, 7) is 9.52. The molecule has 0 aromatic carbocycles. The first-order valence-electron chi connectivity index (χ1n) is 8.88. The Labute approximate surface area is 125 Å². The van der Waals surface area contributed by atoms with Crippen molar-refractivity contribution in [2.75, 3.05) is 27.2 Å². The van der Waals surface area contributed by atoms with Crippen LogP contribution in [0.2, 0.25) is 0 Å². The van der Waals surface area contributed by atoms with Crippen molar-refractivity contribution in [2.45, 2.75) is 46.1 Å². The summed E-state index contributed by atoms with van der Waals surface area (Å²) >= 11 is 0. The maximum Gasteiger partial charge on any atom is 0.0917 e. The van der Waals surface area contributed by atoms with Gasteiger partial charge in [0.15, 0.2) is 0 Å². The van der Waals surface area contributed by atoms with E-state index < -0.39 is 0 Å². The molecule has 3 saturated carbocycles. The van der Waals surface area contributed by atoms with Crippen molar-refractivity contribution in [1.82, 2.24) is 0 Å². The van der Waals surface area contributed by atoms with Crippen molar-refractivity contribution in [1.29, 1.82) is 0 Å². The van der Waals surface area contributed by atoms with Crippen LogP contribution in [0.4, 0.5) is 0 Å². The average Bonchev–Trinajstić information content (AvgIpc) is 3.14. The van der Waals surface area contributed by atoms with Gasteiger partial charge in [0.25, 0.3) is 0 Å². The molecule has 0 aromatic rings. The Morgan fingerprint density at radius 2 is 1.75 bits per heavy atom. The third-order valence-corrected chi connectivity index (χ3v) is 7.31. The van der Waals surface area contributed by atoms with Crippen molar-refractivity contribution in [3.05, 3.63) is 0 Å². The molecule has 0 aromatic heterocycles. The van der Waals surface area contributed by atoms with Gasteiger partial charge in [-0.25, -0.2) is 0 Å². The summed E-state index contributed by atoms with van der Waals surface area (Å²) in [5.74, 6) is 6.78. The van der Waals surface area contributed by atoms with Crippen LogP contribution in [-0.4, -0.2) is 37.7 Å². The first kappa shape index (κ1) is 14.8. The highest BCUT2D eigenvalue weighted by Gasteiger charge is 2.63. The van der Waals surface area contributed by atoms with Crippen LogP contribution in [0.3, 0.4) is 0 Å². The van der Waals surface area contributed by atoms with Gasteiger partial charge in [0, 0.05) is 18.3 Å². The number of hydrogen-bond acceptors (Lipinski definition) is 1. The summed E-state index contributed by atoms with van der Waals surface area (Å²) in [5, 5.41) is 0. The third-order valence-electron chi connectivity index (χ3n) is 7.31. The molecule has 0 radical (unpaired) electrons. The molecule has 0 bridgehead atoms. The summed E-state index contributed by atoms with van der Waals surface area (Å²) in [4.78, 5) is 0. The van der Waals surface area contributed by atoms with Gasteiger partial charge in [0.2, 0.25) is 0 Å². The van der Waals surface area contributed by atoms with E-state index in [0.717, 1.165) is 54.0 Å². The number of rotatable bonds is 6. The van der Waals surface area contributed by atoms with Crippen LogP contribution in [0.1, 0.15) is 40.0 Å². The van der Waals surface area contributed by atoms with Crippen molar-refractivity contribution >= 4 is 0 Å². The lowest BCUT2D eigenvalue weighted by molar-refractivity contribution is -0.931. The van der Waals surface area contributed by atoms with Gasteiger partial charge >= 0.3 is 0 Å². The minimum atomic E-state index is 0.724. The van der Waals surface area contributed by atoms with Gasteiger partial charge in [-0.2, -0.15) is 0 Å². The molecule has 3 aliphatic carbocycles. The number of quaternary nitrogens is 1. The average molecular weight is 279 g/mol. The lowest BCUT2D eigenvalue weighted by Gasteiger charge is -2.53. The van der Waals surface area contributed by atoms with Crippen LogP contribution in [0.15, 0.2) is 0 Å². The molecule has 0 spiro atoms. The highest BCUT2D eigenvalue weighted by Crippen LogP contribution is 2.66. The highest BCUT2D eigenvalue weighted by atomic mass is 15.3. The topological polar surface area (TPSA) is 26.0 Å². The zero-order chi connectivity index (χ0) is 14.7. The van der Waals surface area contributed by atoms with Gasteiger partial charge in [-0.3, -0.25) is 0 Å². The molecule has 2 heteroatoms. The predicted octanol–water partition coefficient (Wildman–Crippen LogP) is 2.97. The summed E-state index contributed by atoms with van der Waals surface area (Å²) in [6, 6.07) is 0.912. The second kappa shape index (κ2) is 4.98. The monoisotopic (exact) mass is 279 g/mol. The zero-order valence-corrected chi connectivity index (χ0v) is 14.2. The molecule has 8 atom stereocenters. The van der Waals surface area contributed by atoms with Crippen LogP contribution in [0.25, 0.3) is 0 Å². The quantitative estimate of drug-likeness (QED) is 0.743. The molecule has 20 heavy (non-hydrogen) atoms. The standard InChI is InChI=1S/C18H35N2/c1-11(9-19)6-14-15-8-16(15)17(14)10-20(4,5)18-7-12(2)13(18)3/h11-18H,6-10,19H2,1-5H3/q+1/t11-,12+,13+,14+,15?,16?,17?,18-/m0/s1. The third kappa shape index (κ3) is 2.33. The Bertz CT molecular complexity index is 364. The number of nitrogens with zero attached hydrogens (tertiary/aromatic N) is 1. The molecule has 0 heterocycles. The summed E-state index contributed by atoms with van der Waals surface area (Å²) in [5.41, 5.74) is 5.84. The minimum Gasteiger partial charge on any atom is -0.330 e. The normalized spacial score (nSPS) is 48.0. The summed E-state index contributed by atoms with van der Waals surface area (Å²) in [6.07, 6.45) is 4.36. The largest absolute Gasteiger partial charge is 0.330 e. The van der Waals surface area contributed by atoms with E-state index in [4.69, 9.17) is 5.73 Å². The summed E-state index contributed by atoms with van der Waals surface area (Å²) < 4.78 is 1.27.